The molecule has 0 saturated carbocycles. The summed E-state index contributed by atoms with van der Waals surface area (Å²) in [5, 5.41) is 2.90. The van der Waals surface area contributed by atoms with Crippen molar-refractivity contribution in [3.63, 3.8) is 0 Å². The van der Waals surface area contributed by atoms with Crippen LogP contribution in [0, 0.1) is 5.41 Å². The molecule has 0 aromatic rings. The Kier molecular flexibility index (Phi) is 5.52. The summed E-state index contributed by atoms with van der Waals surface area (Å²) < 4.78 is 0. The van der Waals surface area contributed by atoms with Crippen LogP contribution in [0.3, 0.4) is 0 Å². The van der Waals surface area contributed by atoms with Crippen LogP contribution in [0.5, 0.6) is 0 Å². The lowest BCUT2D eigenvalue weighted by atomic mass is 9.87. The highest BCUT2D eigenvalue weighted by molar-refractivity contribution is 7.98. The van der Waals surface area contributed by atoms with Gasteiger partial charge in [-0.3, -0.25) is 4.79 Å². The molecule has 0 saturated heterocycles. The number of carbonyl (C=O) groups is 1. The van der Waals surface area contributed by atoms with E-state index in [0.29, 0.717) is 0 Å². The summed E-state index contributed by atoms with van der Waals surface area (Å²) in [6.07, 6.45) is 2.02. The van der Waals surface area contributed by atoms with E-state index < -0.39 is 6.04 Å². The number of hydrogen-bond acceptors (Lipinski definition) is 3. The Morgan fingerprint density at radius 2 is 2.00 bits per heavy atom. The Morgan fingerprint density at radius 1 is 1.50 bits per heavy atom. The van der Waals surface area contributed by atoms with Crippen molar-refractivity contribution in [1.29, 1.82) is 0 Å². The molecular formula is C10H22N2OS. The third-order valence-corrected chi connectivity index (χ3v) is 2.85. The Hall–Kier alpha value is -0.220. The summed E-state index contributed by atoms with van der Waals surface area (Å²) in [6.45, 7) is 7.90. The maximum Gasteiger partial charge on any atom is 0.237 e. The van der Waals surface area contributed by atoms with E-state index in [1.807, 2.05) is 34.0 Å². The van der Waals surface area contributed by atoms with E-state index in [1.165, 1.54) is 0 Å². The van der Waals surface area contributed by atoms with Crippen LogP contribution in [-0.4, -0.2) is 30.0 Å². The van der Waals surface area contributed by atoms with Gasteiger partial charge in [-0.2, -0.15) is 11.8 Å². The van der Waals surface area contributed by atoms with E-state index >= 15 is 0 Å². The molecule has 1 unspecified atom stereocenters. The van der Waals surface area contributed by atoms with Crippen molar-refractivity contribution < 1.29 is 4.79 Å². The van der Waals surface area contributed by atoms with Crippen LogP contribution in [0.25, 0.3) is 0 Å². The third-order valence-electron chi connectivity index (χ3n) is 2.02. The fraction of sp³-hybridized carbons (Fsp3) is 0.900. The second-order valence-corrected chi connectivity index (χ2v) is 5.62. The Bertz CT molecular complexity index is 189. The smallest absolute Gasteiger partial charge is 0.237 e. The minimum atomic E-state index is -0.438. The van der Waals surface area contributed by atoms with Gasteiger partial charge in [-0.05, 0) is 18.6 Å². The largest absolute Gasteiger partial charge is 0.351 e. The fourth-order valence-electron chi connectivity index (χ4n) is 1.02. The molecule has 84 valence electrons. The van der Waals surface area contributed by atoms with Gasteiger partial charge >= 0.3 is 0 Å². The van der Waals surface area contributed by atoms with Crippen LogP contribution in [0.1, 0.15) is 27.7 Å². The number of thioether (sulfide) groups is 1. The van der Waals surface area contributed by atoms with Crippen LogP contribution < -0.4 is 11.1 Å². The predicted octanol–water partition coefficient (Wildman–Crippen LogP) is 1.23. The zero-order chi connectivity index (χ0) is 11.4. The van der Waals surface area contributed by atoms with Gasteiger partial charge in [0.1, 0.15) is 0 Å². The van der Waals surface area contributed by atoms with Gasteiger partial charge in [0.2, 0.25) is 5.91 Å². The number of hydrogen-bond donors (Lipinski definition) is 2. The first-order valence-corrected chi connectivity index (χ1v) is 6.23. The molecule has 14 heavy (non-hydrogen) atoms. The maximum atomic E-state index is 11.6. The molecule has 0 fully saturated rings. The lowest BCUT2D eigenvalue weighted by Crippen LogP contribution is -2.51. The van der Waals surface area contributed by atoms with E-state index in [4.69, 9.17) is 5.73 Å². The molecule has 2 atom stereocenters. The number of rotatable bonds is 4. The summed E-state index contributed by atoms with van der Waals surface area (Å²) >= 11 is 1.72. The van der Waals surface area contributed by atoms with Gasteiger partial charge < -0.3 is 11.1 Å². The van der Waals surface area contributed by atoms with Gasteiger partial charge in [0.15, 0.2) is 0 Å². The zero-order valence-electron chi connectivity index (χ0n) is 9.76. The van der Waals surface area contributed by atoms with Crippen molar-refractivity contribution >= 4 is 17.7 Å². The van der Waals surface area contributed by atoms with E-state index in [1.54, 1.807) is 11.8 Å². The molecule has 0 radical (unpaired) electrons. The Morgan fingerprint density at radius 3 is 2.36 bits per heavy atom. The molecule has 3 N–H and O–H groups in total. The summed E-state index contributed by atoms with van der Waals surface area (Å²) in [5.74, 6) is 0.863. The first kappa shape index (κ1) is 13.8. The molecule has 0 bridgehead atoms. The Labute approximate surface area is 91.2 Å². The first-order valence-electron chi connectivity index (χ1n) is 4.84. The molecule has 0 aliphatic heterocycles. The first-order chi connectivity index (χ1) is 6.29. The quantitative estimate of drug-likeness (QED) is 0.746. The average Bonchev–Trinajstić information content (AvgIpc) is 2.01. The molecule has 0 spiro atoms. The lowest BCUT2D eigenvalue weighted by molar-refractivity contribution is -0.124. The molecule has 3 nitrogen and oxygen atoms in total. The highest BCUT2D eigenvalue weighted by Gasteiger charge is 2.27. The highest BCUT2D eigenvalue weighted by atomic mass is 32.2. The van der Waals surface area contributed by atoms with Crippen LogP contribution >= 0.6 is 11.8 Å². The molecule has 0 aromatic carbocycles. The number of nitrogens with two attached hydrogens (primary N) is 1. The molecule has 4 heteroatoms. The molecule has 0 rings (SSSR count). The SMILES string of the molecule is CSCC(C)NC(=O)[C@H](N)C(C)(C)C. The number of nitrogens with one attached hydrogen (secondary N) is 1. The van der Waals surface area contributed by atoms with E-state index in [-0.39, 0.29) is 17.4 Å². The lowest BCUT2D eigenvalue weighted by Gasteiger charge is -2.27. The molecule has 0 heterocycles. The minimum Gasteiger partial charge on any atom is -0.351 e. The van der Waals surface area contributed by atoms with E-state index in [0.717, 1.165) is 5.75 Å². The normalized spacial score (nSPS) is 16.1. The summed E-state index contributed by atoms with van der Waals surface area (Å²) in [6, 6.07) is -0.252. The van der Waals surface area contributed by atoms with Crippen LogP contribution in [0.15, 0.2) is 0 Å². The maximum absolute atomic E-state index is 11.6. The van der Waals surface area contributed by atoms with E-state index in [2.05, 4.69) is 5.32 Å². The highest BCUT2D eigenvalue weighted by Crippen LogP contribution is 2.17. The van der Waals surface area contributed by atoms with Crippen molar-refractivity contribution in [1.82, 2.24) is 5.32 Å². The summed E-state index contributed by atoms with van der Waals surface area (Å²) in [7, 11) is 0. The third kappa shape index (κ3) is 4.86. The van der Waals surface area contributed by atoms with Gasteiger partial charge in [0.05, 0.1) is 6.04 Å². The molecule has 0 aromatic heterocycles. The van der Waals surface area contributed by atoms with Crippen LogP contribution in [0.2, 0.25) is 0 Å². The van der Waals surface area contributed by atoms with Gasteiger partial charge in [-0.25, -0.2) is 0 Å². The number of carbonyl (C=O) groups excluding carboxylic acids is 1. The van der Waals surface area contributed by atoms with Crippen LogP contribution in [0.4, 0.5) is 0 Å². The topological polar surface area (TPSA) is 55.1 Å². The average molecular weight is 218 g/mol. The van der Waals surface area contributed by atoms with Crippen LogP contribution in [-0.2, 0) is 4.79 Å². The van der Waals surface area contributed by atoms with Crippen molar-refractivity contribution in [2.75, 3.05) is 12.0 Å². The van der Waals surface area contributed by atoms with Crippen molar-refractivity contribution in [3.8, 4) is 0 Å². The second-order valence-electron chi connectivity index (χ2n) is 4.71. The summed E-state index contributed by atoms with van der Waals surface area (Å²) in [5.41, 5.74) is 5.64. The van der Waals surface area contributed by atoms with Crippen molar-refractivity contribution in [2.24, 2.45) is 11.1 Å². The molecule has 1 amide bonds. The molecule has 0 aliphatic carbocycles. The van der Waals surface area contributed by atoms with Gasteiger partial charge in [0, 0.05) is 11.8 Å². The van der Waals surface area contributed by atoms with Crippen molar-refractivity contribution in [3.05, 3.63) is 0 Å². The van der Waals surface area contributed by atoms with Crippen molar-refractivity contribution in [2.45, 2.75) is 39.8 Å². The summed E-state index contributed by atoms with van der Waals surface area (Å²) in [4.78, 5) is 11.6. The molecule has 0 aliphatic rings. The van der Waals surface area contributed by atoms with Gasteiger partial charge in [-0.15, -0.1) is 0 Å². The Balaban J connectivity index is 4.08. The second kappa shape index (κ2) is 5.61. The van der Waals surface area contributed by atoms with Gasteiger partial charge in [0.25, 0.3) is 0 Å². The number of amides is 1. The van der Waals surface area contributed by atoms with Gasteiger partial charge in [-0.1, -0.05) is 20.8 Å². The predicted molar refractivity (Wildman–Crippen MR) is 63.4 cm³/mol. The molecular weight excluding hydrogens is 196 g/mol. The van der Waals surface area contributed by atoms with E-state index in [9.17, 15) is 4.79 Å². The minimum absolute atomic E-state index is 0.0564. The fourth-order valence-corrected chi connectivity index (χ4v) is 1.60. The zero-order valence-corrected chi connectivity index (χ0v) is 10.6. The monoisotopic (exact) mass is 218 g/mol. The standard InChI is InChI=1S/C10H22N2OS/c1-7(6-14-5)12-9(13)8(11)10(2,3)4/h7-8H,6,11H2,1-5H3,(H,12,13)/t7?,8-/m0/s1.